The molecule has 0 spiro atoms. The Morgan fingerprint density at radius 2 is 2.09 bits per heavy atom. The van der Waals surface area contributed by atoms with Crippen LogP contribution in [0.4, 0.5) is 5.69 Å². The Bertz CT molecular complexity index is 879. The first kappa shape index (κ1) is 15.8. The summed E-state index contributed by atoms with van der Waals surface area (Å²) < 4.78 is 1.83. The second-order valence-corrected chi connectivity index (χ2v) is 6.32. The first-order valence-electron chi connectivity index (χ1n) is 6.91. The molecule has 1 amide bonds. The lowest BCUT2D eigenvalue weighted by Crippen LogP contribution is -2.14. The Morgan fingerprint density at radius 1 is 1.30 bits per heavy atom. The third kappa shape index (κ3) is 3.46. The van der Waals surface area contributed by atoms with E-state index in [2.05, 4.69) is 20.5 Å². The molecule has 0 radical (unpaired) electrons. The van der Waals surface area contributed by atoms with Crippen molar-refractivity contribution in [3.8, 4) is 0 Å². The van der Waals surface area contributed by atoms with Gasteiger partial charge in [0.25, 0.3) is 5.78 Å². The fraction of sp³-hybridized carbons (Fsp3) is 0.200. The van der Waals surface area contributed by atoms with E-state index in [1.54, 1.807) is 12.1 Å². The standard InChI is InChI=1S/C15H14ClN5OS/c1-9-7-10(2)21-14(17-9)19-20-15(21)23-8-13(22)18-12-6-4-3-5-11(12)16/h3-7H,8H2,1-2H3,(H,18,22). The number of nitrogens with one attached hydrogen (secondary N) is 1. The van der Waals surface area contributed by atoms with Crippen molar-refractivity contribution >= 4 is 40.7 Å². The molecule has 0 saturated heterocycles. The quantitative estimate of drug-likeness (QED) is 0.734. The first-order valence-corrected chi connectivity index (χ1v) is 8.27. The van der Waals surface area contributed by atoms with Gasteiger partial charge in [0.15, 0.2) is 5.16 Å². The zero-order valence-electron chi connectivity index (χ0n) is 12.6. The van der Waals surface area contributed by atoms with Crippen molar-refractivity contribution in [3.63, 3.8) is 0 Å². The number of rotatable bonds is 4. The van der Waals surface area contributed by atoms with E-state index in [9.17, 15) is 4.79 Å². The van der Waals surface area contributed by atoms with Crippen LogP contribution in [-0.4, -0.2) is 31.2 Å². The molecule has 2 heterocycles. The molecule has 1 N–H and O–H groups in total. The Labute approximate surface area is 142 Å². The summed E-state index contributed by atoms with van der Waals surface area (Å²) in [5.74, 6) is 0.591. The van der Waals surface area contributed by atoms with Crippen LogP contribution in [0.3, 0.4) is 0 Å². The minimum Gasteiger partial charge on any atom is -0.324 e. The van der Waals surface area contributed by atoms with Crippen LogP contribution >= 0.6 is 23.4 Å². The van der Waals surface area contributed by atoms with E-state index in [0.29, 0.717) is 21.6 Å². The summed E-state index contributed by atoms with van der Waals surface area (Å²) in [5.41, 5.74) is 2.46. The molecule has 0 aliphatic carbocycles. The highest BCUT2D eigenvalue weighted by Gasteiger charge is 2.13. The molecule has 118 valence electrons. The molecule has 2 aromatic heterocycles. The highest BCUT2D eigenvalue weighted by molar-refractivity contribution is 7.99. The van der Waals surface area contributed by atoms with Gasteiger partial charge in [-0.3, -0.25) is 9.20 Å². The average molecular weight is 348 g/mol. The number of hydrogen-bond acceptors (Lipinski definition) is 5. The molecule has 0 aliphatic rings. The number of benzene rings is 1. The molecule has 0 aliphatic heterocycles. The molecule has 0 unspecified atom stereocenters. The summed E-state index contributed by atoms with van der Waals surface area (Å²) in [6.45, 7) is 3.87. The maximum atomic E-state index is 12.1. The highest BCUT2D eigenvalue weighted by atomic mass is 35.5. The number of carbonyl (C=O) groups is 1. The van der Waals surface area contributed by atoms with E-state index in [-0.39, 0.29) is 11.7 Å². The number of hydrogen-bond donors (Lipinski definition) is 1. The molecule has 8 heteroatoms. The Hall–Kier alpha value is -2.12. The van der Waals surface area contributed by atoms with Gasteiger partial charge >= 0.3 is 0 Å². The van der Waals surface area contributed by atoms with E-state index < -0.39 is 0 Å². The van der Waals surface area contributed by atoms with E-state index in [1.807, 2.05) is 36.4 Å². The van der Waals surface area contributed by atoms with E-state index in [0.717, 1.165) is 11.4 Å². The second kappa shape index (κ2) is 6.55. The lowest BCUT2D eigenvalue weighted by molar-refractivity contribution is -0.113. The predicted octanol–water partition coefficient (Wildman–Crippen LogP) is 3.13. The number of amides is 1. The van der Waals surface area contributed by atoms with Crippen molar-refractivity contribution in [1.29, 1.82) is 0 Å². The van der Waals surface area contributed by atoms with Crippen molar-refractivity contribution < 1.29 is 4.79 Å². The molecule has 0 bridgehead atoms. The predicted molar refractivity (Wildman–Crippen MR) is 91.1 cm³/mol. The fourth-order valence-corrected chi connectivity index (χ4v) is 3.14. The molecule has 0 fully saturated rings. The van der Waals surface area contributed by atoms with Crippen LogP contribution in [0, 0.1) is 13.8 Å². The van der Waals surface area contributed by atoms with Gasteiger partial charge in [-0.15, -0.1) is 10.2 Å². The van der Waals surface area contributed by atoms with Crippen LogP contribution in [0.5, 0.6) is 0 Å². The molecule has 6 nitrogen and oxygen atoms in total. The molecule has 23 heavy (non-hydrogen) atoms. The maximum absolute atomic E-state index is 12.1. The molecule has 0 atom stereocenters. The number of thioether (sulfide) groups is 1. The Kier molecular flexibility index (Phi) is 4.49. The number of fused-ring (bicyclic) bond motifs is 1. The molecule has 3 rings (SSSR count). The van der Waals surface area contributed by atoms with Crippen LogP contribution in [0.2, 0.25) is 5.02 Å². The molecule has 1 aromatic carbocycles. The summed E-state index contributed by atoms with van der Waals surface area (Å²) >= 11 is 7.33. The van der Waals surface area contributed by atoms with Gasteiger partial charge in [-0.25, -0.2) is 4.98 Å². The van der Waals surface area contributed by atoms with Crippen LogP contribution in [-0.2, 0) is 4.79 Å². The van der Waals surface area contributed by atoms with Gasteiger partial charge < -0.3 is 5.32 Å². The van der Waals surface area contributed by atoms with Crippen molar-refractivity contribution in [2.75, 3.05) is 11.1 Å². The second-order valence-electron chi connectivity index (χ2n) is 4.97. The number of halogens is 1. The summed E-state index contributed by atoms with van der Waals surface area (Å²) in [7, 11) is 0. The fourth-order valence-electron chi connectivity index (χ4n) is 2.17. The van der Waals surface area contributed by atoms with Crippen LogP contribution < -0.4 is 5.32 Å². The monoisotopic (exact) mass is 347 g/mol. The number of para-hydroxylation sites is 1. The summed E-state index contributed by atoms with van der Waals surface area (Å²) in [5, 5.41) is 12.1. The molecular formula is C15H14ClN5OS. The number of aryl methyl sites for hydroxylation is 2. The van der Waals surface area contributed by atoms with Gasteiger partial charge in [0, 0.05) is 11.4 Å². The summed E-state index contributed by atoms with van der Waals surface area (Å²) in [4.78, 5) is 16.4. The zero-order chi connectivity index (χ0) is 16.4. The summed E-state index contributed by atoms with van der Waals surface area (Å²) in [6.07, 6.45) is 0. The van der Waals surface area contributed by atoms with Crippen LogP contribution in [0.15, 0.2) is 35.5 Å². The smallest absolute Gasteiger partial charge is 0.256 e. The Balaban J connectivity index is 1.71. The maximum Gasteiger partial charge on any atom is 0.256 e. The minimum atomic E-state index is -0.155. The summed E-state index contributed by atoms with van der Waals surface area (Å²) in [6, 6.07) is 9.07. The topological polar surface area (TPSA) is 72.2 Å². The first-order chi connectivity index (χ1) is 11.0. The van der Waals surface area contributed by atoms with Gasteiger partial charge in [-0.2, -0.15) is 0 Å². The van der Waals surface area contributed by atoms with E-state index >= 15 is 0 Å². The highest BCUT2D eigenvalue weighted by Crippen LogP contribution is 2.22. The van der Waals surface area contributed by atoms with Crippen LogP contribution in [0.1, 0.15) is 11.4 Å². The van der Waals surface area contributed by atoms with Crippen LogP contribution in [0.25, 0.3) is 5.78 Å². The Morgan fingerprint density at radius 3 is 2.87 bits per heavy atom. The third-order valence-electron chi connectivity index (χ3n) is 3.14. The minimum absolute atomic E-state index is 0.155. The lowest BCUT2D eigenvalue weighted by Gasteiger charge is -2.07. The van der Waals surface area contributed by atoms with Crippen molar-refractivity contribution in [3.05, 3.63) is 46.7 Å². The number of aromatic nitrogens is 4. The average Bonchev–Trinajstić information content (AvgIpc) is 2.90. The number of anilines is 1. The lowest BCUT2D eigenvalue weighted by atomic mass is 10.3. The van der Waals surface area contributed by atoms with Gasteiger partial charge in [0.2, 0.25) is 5.91 Å². The van der Waals surface area contributed by atoms with Gasteiger partial charge in [-0.1, -0.05) is 35.5 Å². The van der Waals surface area contributed by atoms with Crippen molar-refractivity contribution in [1.82, 2.24) is 19.6 Å². The van der Waals surface area contributed by atoms with Gasteiger partial charge in [0.1, 0.15) is 0 Å². The number of nitrogens with zero attached hydrogens (tertiary/aromatic N) is 4. The SMILES string of the molecule is Cc1cc(C)n2c(SCC(=O)Nc3ccccc3Cl)nnc2n1. The molecule has 0 saturated carbocycles. The number of carbonyl (C=O) groups excluding carboxylic acids is 1. The van der Waals surface area contributed by atoms with Crippen molar-refractivity contribution in [2.24, 2.45) is 0 Å². The normalized spacial score (nSPS) is 10.9. The van der Waals surface area contributed by atoms with E-state index in [1.165, 1.54) is 11.8 Å². The van der Waals surface area contributed by atoms with Gasteiger partial charge in [0.05, 0.1) is 16.5 Å². The van der Waals surface area contributed by atoms with Gasteiger partial charge in [-0.05, 0) is 32.0 Å². The third-order valence-corrected chi connectivity index (χ3v) is 4.40. The molecule has 3 aromatic rings. The van der Waals surface area contributed by atoms with E-state index in [4.69, 9.17) is 11.6 Å². The zero-order valence-corrected chi connectivity index (χ0v) is 14.1. The largest absolute Gasteiger partial charge is 0.324 e. The molecular weight excluding hydrogens is 334 g/mol. The van der Waals surface area contributed by atoms with Crippen molar-refractivity contribution in [2.45, 2.75) is 19.0 Å².